The highest BCUT2D eigenvalue weighted by molar-refractivity contribution is 6.05. The molecule has 0 atom stereocenters. The number of aromatic nitrogens is 3. The fourth-order valence-corrected chi connectivity index (χ4v) is 1.84. The van der Waals surface area contributed by atoms with Gasteiger partial charge in [-0.1, -0.05) is 0 Å². The molecule has 2 rings (SSSR count). The molecule has 1 amide bonds. The molecule has 0 spiro atoms. The van der Waals surface area contributed by atoms with Crippen LogP contribution in [0, 0.1) is 6.92 Å². The lowest BCUT2D eigenvalue weighted by molar-refractivity contribution is 0.0871. The first-order valence-corrected chi connectivity index (χ1v) is 6.07. The van der Waals surface area contributed by atoms with Crippen molar-refractivity contribution < 1.29 is 9.90 Å². The summed E-state index contributed by atoms with van der Waals surface area (Å²) in [4.78, 5) is 16.7. The van der Waals surface area contributed by atoms with E-state index in [4.69, 9.17) is 0 Å². The third-order valence-electron chi connectivity index (χ3n) is 2.92. The fourth-order valence-electron chi connectivity index (χ4n) is 1.84. The summed E-state index contributed by atoms with van der Waals surface area (Å²) < 4.78 is 1.64. The normalized spacial score (nSPS) is 11.8. The van der Waals surface area contributed by atoms with Gasteiger partial charge in [0.2, 0.25) is 0 Å². The molecule has 2 aromatic heterocycles. The number of hydrogen-bond acceptors (Lipinski definition) is 4. The van der Waals surface area contributed by atoms with E-state index in [0.29, 0.717) is 16.6 Å². The maximum atomic E-state index is 12.3. The van der Waals surface area contributed by atoms with Crippen molar-refractivity contribution in [3.05, 3.63) is 23.5 Å². The zero-order valence-corrected chi connectivity index (χ0v) is 11.6. The Morgan fingerprint density at radius 1 is 1.53 bits per heavy atom. The van der Waals surface area contributed by atoms with Crippen LogP contribution in [0.3, 0.4) is 0 Å². The van der Waals surface area contributed by atoms with Gasteiger partial charge in [-0.15, -0.1) is 0 Å². The average molecular weight is 262 g/mol. The molecule has 6 nitrogen and oxygen atoms in total. The van der Waals surface area contributed by atoms with Gasteiger partial charge in [0.05, 0.1) is 29.3 Å². The van der Waals surface area contributed by atoms with E-state index in [1.165, 1.54) is 0 Å². The molecule has 0 aromatic carbocycles. The Balaban J connectivity index is 2.47. The number of aliphatic hydroxyl groups is 1. The van der Waals surface area contributed by atoms with Crippen LogP contribution in [0.5, 0.6) is 0 Å². The molecule has 0 aliphatic rings. The third-order valence-corrected chi connectivity index (χ3v) is 2.92. The molecule has 102 valence electrons. The van der Waals surface area contributed by atoms with Crippen LogP contribution in [0.4, 0.5) is 0 Å². The maximum Gasteiger partial charge on any atom is 0.252 e. The summed E-state index contributed by atoms with van der Waals surface area (Å²) in [5.41, 5.74) is 1.29. The second-order valence-corrected chi connectivity index (χ2v) is 5.31. The van der Waals surface area contributed by atoms with Gasteiger partial charge in [0.25, 0.3) is 5.91 Å². The van der Waals surface area contributed by atoms with Crippen molar-refractivity contribution in [2.24, 2.45) is 7.05 Å². The summed E-state index contributed by atoms with van der Waals surface area (Å²) in [6.07, 6.45) is 1.63. The summed E-state index contributed by atoms with van der Waals surface area (Å²) in [7, 11) is 1.79. The molecular formula is C13H18N4O2. The summed E-state index contributed by atoms with van der Waals surface area (Å²) in [5, 5.41) is 16.8. The number of aliphatic hydroxyl groups excluding tert-OH is 1. The molecule has 2 heterocycles. The Labute approximate surface area is 111 Å². The lowest BCUT2D eigenvalue weighted by atomic mass is 10.1. The molecule has 6 heteroatoms. The SMILES string of the molecule is Cc1cc(C(=O)NC(C)(C)CO)c2cnn(C)c2n1. The summed E-state index contributed by atoms with van der Waals surface area (Å²) >= 11 is 0. The number of aryl methyl sites for hydroxylation is 2. The van der Waals surface area contributed by atoms with Gasteiger partial charge >= 0.3 is 0 Å². The molecule has 2 N–H and O–H groups in total. The van der Waals surface area contributed by atoms with Crippen LogP contribution >= 0.6 is 0 Å². The minimum atomic E-state index is -0.664. The largest absolute Gasteiger partial charge is 0.394 e. The van der Waals surface area contributed by atoms with Gasteiger partial charge in [0, 0.05) is 12.7 Å². The van der Waals surface area contributed by atoms with Crippen LogP contribution < -0.4 is 5.32 Å². The topological polar surface area (TPSA) is 80.0 Å². The first-order chi connectivity index (χ1) is 8.84. The highest BCUT2D eigenvalue weighted by Gasteiger charge is 2.22. The maximum absolute atomic E-state index is 12.3. The molecule has 0 aliphatic carbocycles. The minimum absolute atomic E-state index is 0.126. The second kappa shape index (κ2) is 4.62. The average Bonchev–Trinajstić information content (AvgIpc) is 2.70. The third kappa shape index (κ3) is 2.58. The predicted molar refractivity (Wildman–Crippen MR) is 71.9 cm³/mol. The summed E-state index contributed by atoms with van der Waals surface area (Å²) in [6, 6.07) is 1.73. The molecule has 0 aliphatic heterocycles. The molecule has 0 bridgehead atoms. The highest BCUT2D eigenvalue weighted by Crippen LogP contribution is 2.18. The number of fused-ring (bicyclic) bond motifs is 1. The number of nitrogens with zero attached hydrogens (tertiary/aromatic N) is 3. The lowest BCUT2D eigenvalue weighted by Gasteiger charge is -2.23. The molecule has 0 fully saturated rings. The van der Waals surface area contributed by atoms with Gasteiger partial charge in [0.15, 0.2) is 5.65 Å². The molecule has 0 saturated heterocycles. The number of carbonyl (C=O) groups excluding carboxylic acids is 1. The van der Waals surface area contributed by atoms with Gasteiger partial charge in [-0.25, -0.2) is 4.98 Å². The number of pyridine rings is 1. The van der Waals surface area contributed by atoms with E-state index in [1.807, 2.05) is 6.92 Å². The van der Waals surface area contributed by atoms with E-state index in [-0.39, 0.29) is 12.5 Å². The number of rotatable bonds is 3. The van der Waals surface area contributed by atoms with Crippen molar-refractivity contribution >= 4 is 16.9 Å². The van der Waals surface area contributed by atoms with Crippen molar-refractivity contribution in [2.45, 2.75) is 26.3 Å². The molecule has 0 saturated carbocycles. The van der Waals surface area contributed by atoms with E-state index in [9.17, 15) is 9.90 Å². The highest BCUT2D eigenvalue weighted by atomic mass is 16.3. The quantitative estimate of drug-likeness (QED) is 0.856. The van der Waals surface area contributed by atoms with Crippen LogP contribution in [0.2, 0.25) is 0 Å². The first kappa shape index (κ1) is 13.5. The number of hydrogen-bond donors (Lipinski definition) is 2. The lowest BCUT2D eigenvalue weighted by Crippen LogP contribution is -2.46. The van der Waals surface area contributed by atoms with E-state index in [0.717, 1.165) is 5.69 Å². The zero-order valence-electron chi connectivity index (χ0n) is 11.6. The van der Waals surface area contributed by atoms with Gasteiger partial charge in [0.1, 0.15) is 0 Å². The fraction of sp³-hybridized carbons (Fsp3) is 0.462. The van der Waals surface area contributed by atoms with Crippen LogP contribution in [-0.4, -0.2) is 37.9 Å². The second-order valence-electron chi connectivity index (χ2n) is 5.31. The van der Waals surface area contributed by atoms with Crippen molar-refractivity contribution in [2.75, 3.05) is 6.61 Å². The van der Waals surface area contributed by atoms with Gasteiger partial charge in [-0.3, -0.25) is 9.48 Å². The smallest absolute Gasteiger partial charge is 0.252 e. The molecular weight excluding hydrogens is 244 g/mol. The van der Waals surface area contributed by atoms with Crippen molar-refractivity contribution in [3.63, 3.8) is 0 Å². The Hall–Kier alpha value is -1.95. The minimum Gasteiger partial charge on any atom is -0.394 e. The van der Waals surface area contributed by atoms with E-state index in [2.05, 4.69) is 15.4 Å². The molecule has 2 aromatic rings. The van der Waals surface area contributed by atoms with Crippen LogP contribution in [0.25, 0.3) is 11.0 Å². The summed E-state index contributed by atoms with van der Waals surface area (Å²) in [5.74, 6) is -0.234. The van der Waals surface area contributed by atoms with Crippen LogP contribution in [0.15, 0.2) is 12.3 Å². The van der Waals surface area contributed by atoms with Crippen LogP contribution in [0.1, 0.15) is 29.9 Å². The van der Waals surface area contributed by atoms with E-state index < -0.39 is 5.54 Å². The Morgan fingerprint density at radius 2 is 2.21 bits per heavy atom. The predicted octanol–water partition coefficient (Wildman–Crippen LogP) is 0.777. The number of nitrogens with one attached hydrogen (secondary N) is 1. The summed E-state index contributed by atoms with van der Waals surface area (Å²) in [6.45, 7) is 5.23. The standard InChI is InChI=1S/C13H18N4O2/c1-8-5-9(12(19)16-13(2,3)7-18)10-6-14-17(4)11(10)15-8/h5-6,18H,7H2,1-4H3,(H,16,19). The first-order valence-electron chi connectivity index (χ1n) is 6.07. The number of amides is 1. The Bertz CT molecular complexity index is 631. The number of carbonyl (C=O) groups is 1. The van der Waals surface area contributed by atoms with Gasteiger partial charge < -0.3 is 10.4 Å². The Morgan fingerprint density at radius 3 is 2.84 bits per heavy atom. The van der Waals surface area contributed by atoms with E-state index >= 15 is 0 Å². The van der Waals surface area contributed by atoms with Crippen molar-refractivity contribution in [1.29, 1.82) is 0 Å². The van der Waals surface area contributed by atoms with Crippen LogP contribution in [-0.2, 0) is 7.05 Å². The monoisotopic (exact) mass is 262 g/mol. The van der Waals surface area contributed by atoms with Crippen molar-refractivity contribution in [1.82, 2.24) is 20.1 Å². The van der Waals surface area contributed by atoms with E-state index in [1.54, 1.807) is 37.8 Å². The van der Waals surface area contributed by atoms with Crippen molar-refractivity contribution in [3.8, 4) is 0 Å². The molecule has 19 heavy (non-hydrogen) atoms. The molecule has 0 radical (unpaired) electrons. The molecule has 0 unspecified atom stereocenters. The zero-order chi connectivity index (χ0) is 14.2. The van der Waals surface area contributed by atoms with Gasteiger partial charge in [-0.05, 0) is 26.8 Å². The van der Waals surface area contributed by atoms with Gasteiger partial charge in [-0.2, -0.15) is 5.10 Å². The Kier molecular flexibility index (Phi) is 3.28.